The van der Waals surface area contributed by atoms with Gasteiger partial charge in [0.25, 0.3) is 11.8 Å². The average molecular weight is 469 g/mol. The Labute approximate surface area is 195 Å². The number of likely N-dealkylation sites (tertiary alicyclic amines) is 1. The number of amides is 2. The van der Waals surface area contributed by atoms with Gasteiger partial charge in [0.1, 0.15) is 5.65 Å². The van der Waals surface area contributed by atoms with E-state index in [0.29, 0.717) is 16.9 Å². The minimum atomic E-state index is -2.70. The standard InChI is InChI=1S/C24H26F2N6O2/c25-24(26)4-9-31(10-5-24)23(34)18-11-17-3-8-32(21(17)29-13-18)20-12-19(14-28-15-20)30-22(33)16-1-6-27-7-2-16/h3,8,11-16,27H,1-2,4-7,9-10H2,(H,30,33). The highest BCUT2D eigenvalue weighted by Crippen LogP contribution is 2.29. The number of nitrogens with zero attached hydrogens (tertiary/aromatic N) is 4. The SMILES string of the molecule is O=C(Nc1cncc(-n2ccc3cc(C(=O)N4CCC(F)(F)CC4)cnc32)c1)C1CCNCC1. The summed E-state index contributed by atoms with van der Waals surface area (Å²) in [6.45, 7) is 1.75. The summed E-state index contributed by atoms with van der Waals surface area (Å²) in [5, 5.41) is 6.96. The largest absolute Gasteiger partial charge is 0.338 e. The number of nitrogens with one attached hydrogen (secondary N) is 2. The van der Waals surface area contributed by atoms with Crippen LogP contribution in [0.1, 0.15) is 36.0 Å². The van der Waals surface area contributed by atoms with Crippen molar-refractivity contribution in [1.82, 2.24) is 24.8 Å². The third-order valence-electron chi connectivity index (χ3n) is 6.54. The first-order valence-corrected chi connectivity index (χ1v) is 11.5. The van der Waals surface area contributed by atoms with Crippen LogP contribution in [0.2, 0.25) is 0 Å². The zero-order valence-electron chi connectivity index (χ0n) is 18.6. The fourth-order valence-electron chi connectivity index (χ4n) is 4.53. The van der Waals surface area contributed by atoms with Gasteiger partial charge < -0.3 is 15.5 Å². The second-order valence-electron chi connectivity index (χ2n) is 8.92. The van der Waals surface area contributed by atoms with Crippen molar-refractivity contribution >= 4 is 28.5 Å². The zero-order chi connectivity index (χ0) is 23.7. The van der Waals surface area contributed by atoms with Gasteiger partial charge in [-0.05, 0) is 44.1 Å². The highest BCUT2D eigenvalue weighted by Gasteiger charge is 2.35. The molecule has 0 unspecified atom stereocenters. The van der Waals surface area contributed by atoms with Crippen LogP contribution in [-0.2, 0) is 4.79 Å². The molecule has 0 atom stereocenters. The lowest BCUT2D eigenvalue weighted by Gasteiger charge is -2.31. The van der Waals surface area contributed by atoms with Crippen LogP contribution < -0.4 is 10.6 Å². The predicted molar refractivity (Wildman–Crippen MR) is 123 cm³/mol. The van der Waals surface area contributed by atoms with E-state index in [1.54, 1.807) is 18.5 Å². The summed E-state index contributed by atoms with van der Waals surface area (Å²) < 4.78 is 28.7. The third-order valence-corrected chi connectivity index (χ3v) is 6.54. The molecule has 2 fully saturated rings. The fraction of sp³-hybridized carbons (Fsp3) is 0.417. The van der Waals surface area contributed by atoms with E-state index in [-0.39, 0.29) is 43.7 Å². The number of hydrogen-bond donors (Lipinski definition) is 2. The summed E-state index contributed by atoms with van der Waals surface area (Å²) in [6.07, 6.45) is 7.57. The van der Waals surface area contributed by atoms with Gasteiger partial charge in [0.05, 0.1) is 29.3 Å². The molecule has 2 amide bonds. The van der Waals surface area contributed by atoms with Crippen molar-refractivity contribution in [3.8, 4) is 5.69 Å². The molecule has 3 aromatic heterocycles. The summed E-state index contributed by atoms with van der Waals surface area (Å²) in [5.74, 6) is -3.01. The molecule has 34 heavy (non-hydrogen) atoms. The van der Waals surface area contributed by atoms with Crippen LogP contribution in [0, 0.1) is 5.92 Å². The number of aromatic nitrogens is 3. The van der Waals surface area contributed by atoms with Gasteiger partial charge in [0.15, 0.2) is 0 Å². The Bertz CT molecular complexity index is 1210. The maximum absolute atomic E-state index is 13.4. The van der Waals surface area contributed by atoms with Gasteiger partial charge in [-0.1, -0.05) is 0 Å². The molecule has 0 radical (unpaired) electrons. The average Bonchev–Trinajstić information content (AvgIpc) is 3.28. The van der Waals surface area contributed by atoms with Crippen LogP contribution in [0.5, 0.6) is 0 Å². The quantitative estimate of drug-likeness (QED) is 0.614. The van der Waals surface area contributed by atoms with Crippen LogP contribution in [0.3, 0.4) is 0 Å². The molecule has 0 bridgehead atoms. The molecule has 2 aliphatic rings. The Balaban J connectivity index is 1.33. The second-order valence-corrected chi connectivity index (χ2v) is 8.92. The van der Waals surface area contributed by atoms with E-state index in [2.05, 4.69) is 20.6 Å². The Hall–Kier alpha value is -3.40. The normalized spacial score (nSPS) is 18.7. The molecule has 0 saturated carbocycles. The molecule has 5 heterocycles. The minimum Gasteiger partial charge on any atom is -0.338 e. The maximum Gasteiger partial charge on any atom is 0.255 e. The molecular weight excluding hydrogens is 442 g/mol. The number of carbonyl (C=O) groups is 2. The molecule has 3 aromatic rings. The van der Waals surface area contributed by atoms with Gasteiger partial charge in [-0.25, -0.2) is 13.8 Å². The van der Waals surface area contributed by atoms with Crippen LogP contribution in [0.25, 0.3) is 16.7 Å². The van der Waals surface area contributed by atoms with Crippen LogP contribution >= 0.6 is 0 Å². The monoisotopic (exact) mass is 468 g/mol. The lowest BCUT2D eigenvalue weighted by Crippen LogP contribution is -2.42. The number of carbonyl (C=O) groups excluding carboxylic acids is 2. The van der Waals surface area contributed by atoms with Gasteiger partial charge in [-0.2, -0.15) is 0 Å². The minimum absolute atomic E-state index is 0.00503. The van der Waals surface area contributed by atoms with Crippen molar-refractivity contribution in [2.45, 2.75) is 31.6 Å². The molecule has 0 aromatic carbocycles. The first kappa shape index (κ1) is 22.4. The molecule has 2 aliphatic heterocycles. The summed E-state index contributed by atoms with van der Waals surface area (Å²) in [4.78, 5) is 35.6. The number of hydrogen-bond acceptors (Lipinski definition) is 5. The maximum atomic E-state index is 13.4. The predicted octanol–water partition coefficient (Wildman–Crippen LogP) is 3.23. The Morgan fingerprint density at radius 2 is 1.85 bits per heavy atom. The third kappa shape index (κ3) is 4.63. The zero-order valence-corrected chi connectivity index (χ0v) is 18.6. The Morgan fingerprint density at radius 1 is 1.09 bits per heavy atom. The van der Waals surface area contributed by atoms with Crippen molar-refractivity contribution < 1.29 is 18.4 Å². The number of fused-ring (bicyclic) bond motifs is 1. The van der Waals surface area contributed by atoms with Gasteiger partial charge in [-0.15, -0.1) is 0 Å². The van der Waals surface area contributed by atoms with Crippen molar-refractivity contribution in [3.63, 3.8) is 0 Å². The highest BCUT2D eigenvalue weighted by molar-refractivity contribution is 5.97. The molecule has 0 spiro atoms. The number of pyridine rings is 2. The van der Waals surface area contributed by atoms with E-state index < -0.39 is 5.92 Å². The van der Waals surface area contributed by atoms with Gasteiger partial charge in [-0.3, -0.25) is 19.1 Å². The van der Waals surface area contributed by atoms with Gasteiger partial charge in [0.2, 0.25) is 5.91 Å². The van der Waals surface area contributed by atoms with Crippen molar-refractivity contribution in [2.24, 2.45) is 5.92 Å². The number of piperidine rings is 2. The summed E-state index contributed by atoms with van der Waals surface area (Å²) >= 11 is 0. The second kappa shape index (κ2) is 9.09. The van der Waals surface area contributed by atoms with Crippen LogP contribution in [0.15, 0.2) is 43.0 Å². The number of alkyl halides is 2. The number of anilines is 1. The molecule has 0 aliphatic carbocycles. The molecule has 5 rings (SSSR count). The molecule has 2 N–H and O–H groups in total. The first-order chi connectivity index (χ1) is 16.4. The first-order valence-electron chi connectivity index (χ1n) is 11.5. The highest BCUT2D eigenvalue weighted by atomic mass is 19.3. The molecule has 8 nitrogen and oxygen atoms in total. The van der Waals surface area contributed by atoms with E-state index in [4.69, 9.17) is 0 Å². The van der Waals surface area contributed by atoms with Crippen LogP contribution in [0.4, 0.5) is 14.5 Å². The Morgan fingerprint density at radius 3 is 2.62 bits per heavy atom. The van der Waals surface area contributed by atoms with Gasteiger partial charge in [0, 0.05) is 49.6 Å². The summed E-state index contributed by atoms with van der Waals surface area (Å²) in [5.41, 5.74) is 2.33. The fourth-order valence-corrected chi connectivity index (χ4v) is 4.53. The van der Waals surface area contributed by atoms with Crippen molar-refractivity contribution in [1.29, 1.82) is 0 Å². The molecular formula is C24H26F2N6O2. The Kier molecular flexibility index (Phi) is 5.99. The molecule has 178 valence electrons. The van der Waals surface area contributed by atoms with Gasteiger partial charge >= 0.3 is 0 Å². The van der Waals surface area contributed by atoms with Crippen molar-refractivity contribution in [3.05, 3.63) is 48.5 Å². The molecule has 2 saturated heterocycles. The summed E-state index contributed by atoms with van der Waals surface area (Å²) in [7, 11) is 0. The lowest BCUT2D eigenvalue weighted by atomic mass is 9.97. The van der Waals surface area contributed by atoms with Crippen molar-refractivity contribution in [2.75, 3.05) is 31.5 Å². The van der Waals surface area contributed by atoms with E-state index in [1.165, 1.54) is 11.1 Å². The number of rotatable bonds is 4. The lowest BCUT2D eigenvalue weighted by molar-refractivity contribution is -0.120. The number of halogens is 2. The van der Waals surface area contributed by atoms with E-state index in [9.17, 15) is 18.4 Å². The van der Waals surface area contributed by atoms with E-state index in [0.717, 1.165) is 37.0 Å². The topological polar surface area (TPSA) is 92.2 Å². The van der Waals surface area contributed by atoms with E-state index >= 15 is 0 Å². The van der Waals surface area contributed by atoms with E-state index in [1.807, 2.05) is 22.9 Å². The van der Waals surface area contributed by atoms with Crippen LogP contribution in [-0.4, -0.2) is 63.4 Å². The molecule has 10 heteroatoms. The smallest absolute Gasteiger partial charge is 0.255 e. The summed E-state index contributed by atoms with van der Waals surface area (Å²) in [6, 6.07) is 5.40.